The lowest BCUT2D eigenvalue weighted by Gasteiger charge is -2.12. The van der Waals surface area contributed by atoms with Gasteiger partial charge in [0.25, 0.3) is 11.6 Å². The second-order valence-electron chi connectivity index (χ2n) is 7.12. The number of nitrogens with one attached hydrogen (secondary N) is 3. The molecule has 2 unspecified atom stereocenters. The SMILES string of the molecule is CCOc1cc(/C=N/NC(=O)C2CC(C)NN2)ccc1Oc1ccc([N+](=O)[O-])cc1[N+](=O)[O-]. The first-order valence-electron chi connectivity index (χ1n) is 10.00. The number of amides is 1. The minimum Gasteiger partial charge on any atom is -0.490 e. The van der Waals surface area contributed by atoms with Crippen molar-refractivity contribution < 1.29 is 24.1 Å². The lowest BCUT2D eigenvalue weighted by molar-refractivity contribution is -0.394. The van der Waals surface area contributed by atoms with Crippen molar-refractivity contribution >= 4 is 23.5 Å². The number of nitro groups is 2. The molecule has 33 heavy (non-hydrogen) atoms. The van der Waals surface area contributed by atoms with Gasteiger partial charge < -0.3 is 9.47 Å². The number of carbonyl (C=O) groups excluding carboxylic acids is 1. The fraction of sp³-hybridized carbons (Fsp3) is 0.300. The Morgan fingerprint density at radius 3 is 2.55 bits per heavy atom. The molecule has 1 aliphatic rings. The normalized spacial score (nSPS) is 17.6. The molecule has 3 rings (SSSR count). The average Bonchev–Trinajstić information content (AvgIpc) is 3.22. The Bertz CT molecular complexity index is 1090. The summed E-state index contributed by atoms with van der Waals surface area (Å²) in [6.45, 7) is 3.99. The molecule has 2 aromatic rings. The number of nitrogens with zero attached hydrogens (tertiary/aromatic N) is 3. The summed E-state index contributed by atoms with van der Waals surface area (Å²) in [5.74, 6) is -0.00758. The quantitative estimate of drug-likeness (QED) is 0.290. The van der Waals surface area contributed by atoms with Gasteiger partial charge in [-0.1, -0.05) is 0 Å². The number of non-ortho nitro benzene ring substituents is 1. The molecule has 1 fully saturated rings. The van der Waals surface area contributed by atoms with E-state index in [4.69, 9.17) is 9.47 Å². The molecule has 13 heteroatoms. The summed E-state index contributed by atoms with van der Waals surface area (Å²) < 4.78 is 11.2. The van der Waals surface area contributed by atoms with Crippen LogP contribution in [0.1, 0.15) is 25.8 Å². The Labute approximate surface area is 188 Å². The summed E-state index contributed by atoms with van der Waals surface area (Å²) in [5.41, 5.74) is 7.89. The lowest BCUT2D eigenvalue weighted by Crippen LogP contribution is -2.41. The number of rotatable bonds is 9. The van der Waals surface area contributed by atoms with Crippen molar-refractivity contribution in [2.45, 2.75) is 32.4 Å². The topological polar surface area (TPSA) is 170 Å². The van der Waals surface area contributed by atoms with Gasteiger partial charge >= 0.3 is 5.69 Å². The summed E-state index contributed by atoms with van der Waals surface area (Å²) in [4.78, 5) is 32.9. The first-order valence-corrected chi connectivity index (χ1v) is 10.00. The van der Waals surface area contributed by atoms with Crippen LogP contribution < -0.4 is 25.8 Å². The largest absolute Gasteiger partial charge is 0.490 e. The molecule has 3 N–H and O–H groups in total. The summed E-state index contributed by atoms with van der Waals surface area (Å²) in [5, 5.41) is 26.2. The van der Waals surface area contributed by atoms with Crippen LogP contribution in [0.3, 0.4) is 0 Å². The number of hydrazone groups is 1. The van der Waals surface area contributed by atoms with Crippen molar-refractivity contribution in [2.24, 2.45) is 5.10 Å². The molecule has 0 aliphatic carbocycles. The van der Waals surface area contributed by atoms with Crippen molar-refractivity contribution in [2.75, 3.05) is 6.61 Å². The minimum absolute atomic E-state index is 0.171. The average molecular weight is 458 g/mol. The van der Waals surface area contributed by atoms with E-state index >= 15 is 0 Å². The van der Waals surface area contributed by atoms with Gasteiger partial charge in [-0.3, -0.25) is 30.4 Å². The maximum atomic E-state index is 12.1. The zero-order valence-corrected chi connectivity index (χ0v) is 17.8. The van der Waals surface area contributed by atoms with Gasteiger partial charge in [0.05, 0.1) is 28.7 Å². The molecule has 2 aromatic carbocycles. The zero-order valence-electron chi connectivity index (χ0n) is 17.8. The summed E-state index contributed by atoms with van der Waals surface area (Å²) >= 11 is 0. The smallest absolute Gasteiger partial charge is 0.318 e. The lowest BCUT2D eigenvalue weighted by atomic mass is 10.1. The standard InChI is InChI=1S/C20H22N6O7/c1-3-32-19-9-13(11-21-24-20(27)15-8-12(2)22-23-15)4-6-18(19)33-17-7-5-14(25(28)29)10-16(17)26(30)31/h4-7,9-12,15,22-23H,3,8H2,1-2H3,(H,24,27)/b21-11+. The van der Waals surface area contributed by atoms with E-state index in [-0.39, 0.29) is 41.8 Å². The summed E-state index contributed by atoms with van der Waals surface area (Å²) in [6.07, 6.45) is 2.06. The first-order chi connectivity index (χ1) is 15.8. The van der Waals surface area contributed by atoms with E-state index in [9.17, 15) is 25.0 Å². The number of hydrogen-bond donors (Lipinski definition) is 3. The van der Waals surface area contributed by atoms with Gasteiger partial charge in [-0.25, -0.2) is 10.9 Å². The summed E-state index contributed by atoms with van der Waals surface area (Å²) in [6, 6.07) is 7.61. The fourth-order valence-corrected chi connectivity index (χ4v) is 3.06. The third kappa shape index (κ3) is 5.99. The van der Waals surface area contributed by atoms with Gasteiger partial charge in [0.2, 0.25) is 5.75 Å². The Kier molecular flexibility index (Phi) is 7.48. The number of nitro benzene ring substituents is 2. The Balaban J connectivity index is 1.77. The molecule has 0 bridgehead atoms. The molecule has 1 aliphatic heterocycles. The monoisotopic (exact) mass is 458 g/mol. The Morgan fingerprint density at radius 2 is 1.91 bits per heavy atom. The van der Waals surface area contributed by atoms with Crippen LogP contribution in [0.25, 0.3) is 0 Å². The number of ether oxygens (including phenoxy) is 2. The van der Waals surface area contributed by atoms with E-state index < -0.39 is 21.2 Å². The third-order valence-electron chi connectivity index (χ3n) is 4.64. The van der Waals surface area contributed by atoms with Crippen LogP contribution in [0.15, 0.2) is 41.5 Å². The second kappa shape index (κ2) is 10.5. The molecule has 0 aromatic heterocycles. The highest BCUT2D eigenvalue weighted by Gasteiger charge is 2.26. The third-order valence-corrected chi connectivity index (χ3v) is 4.64. The van der Waals surface area contributed by atoms with Gasteiger partial charge in [0, 0.05) is 12.1 Å². The molecule has 13 nitrogen and oxygen atoms in total. The number of hydrogen-bond acceptors (Lipinski definition) is 10. The van der Waals surface area contributed by atoms with Crippen LogP contribution >= 0.6 is 0 Å². The fourth-order valence-electron chi connectivity index (χ4n) is 3.06. The van der Waals surface area contributed by atoms with Crippen molar-refractivity contribution in [3.63, 3.8) is 0 Å². The van der Waals surface area contributed by atoms with Gasteiger partial charge in [-0.2, -0.15) is 5.10 Å². The van der Waals surface area contributed by atoms with E-state index in [0.29, 0.717) is 12.0 Å². The predicted molar refractivity (Wildman–Crippen MR) is 117 cm³/mol. The minimum atomic E-state index is -0.762. The van der Waals surface area contributed by atoms with E-state index in [1.807, 2.05) is 6.92 Å². The van der Waals surface area contributed by atoms with Gasteiger partial charge in [-0.15, -0.1) is 0 Å². The van der Waals surface area contributed by atoms with E-state index in [2.05, 4.69) is 21.4 Å². The zero-order chi connectivity index (χ0) is 24.0. The molecule has 2 atom stereocenters. The molecule has 0 radical (unpaired) electrons. The van der Waals surface area contributed by atoms with Crippen LogP contribution in [0.5, 0.6) is 17.2 Å². The molecule has 174 valence electrons. The highest BCUT2D eigenvalue weighted by Crippen LogP contribution is 2.38. The summed E-state index contributed by atoms with van der Waals surface area (Å²) in [7, 11) is 0. The predicted octanol–water partition coefficient (Wildman–Crippen LogP) is 2.40. The van der Waals surface area contributed by atoms with E-state index in [1.54, 1.807) is 19.1 Å². The first kappa shape index (κ1) is 23.6. The molecule has 1 amide bonds. The van der Waals surface area contributed by atoms with Gasteiger partial charge in [0.15, 0.2) is 11.5 Å². The number of benzene rings is 2. The molecule has 1 saturated heterocycles. The van der Waals surface area contributed by atoms with Crippen LogP contribution in [0.2, 0.25) is 0 Å². The highest BCUT2D eigenvalue weighted by atomic mass is 16.6. The maximum Gasteiger partial charge on any atom is 0.318 e. The molecular formula is C20H22N6O7. The Hall–Kier alpha value is -4.10. The molecule has 1 heterocycles. The second-order valence-corrected chi connectivity index (χ2v) is 7.12. The van der Waals surface area contributed by atoms with Crippen LogP contribution in [0, 0.1) is 20.2 Å². The van der Waals surface area contributed by atoms with Crippen molar-refractivity contribution in [1.29, 1.82) is 0 Å². The van der Waals surface area contributed by atoms with E-state index in [0.717, 1.165) is 18.2 Å². The van der Waals surface area contributed by atoms with Crippen LogP contribution in [-0.4, -0.2) is 40.7 Å². The molecule has 0 saturated carbocycles. The van der Waals surface area contributed by atoms with E-state index in [1.165, 1.54) is 12.3 Å². The van der Waals surface area contributed by atoms with Crippen LogP contribution in [-0.2, 0) is 4.79 Å². The van der Waals surface area contributed by atoms with Crippen molar-refractivity contribution in [3.8, 4) is 17.2 Å². The maximum absolute atomic E-state index is 12.1. The van der Waals surface area contributed by atoms with Crippen molar-refractivity contribution in [1.82, 2.24) is 16.3 Å². The number of carbonyl (C=O) groups is 1. The Morgan fingerprint density at radius 1 is 1.15 bits per heavy atom. The molecule has 0 spiro atoms. The van der Waals surface area contributed by atoms with Crippen LogP contribution in [0.4, 0.5) is 11.4 Å². The highest BCUT2D eigenvalue weighted by molar-refractivity contribution is 5.85. The number of hydrazine groups is 1. The van der Waals surface area contributed by atoms with Gasteiger partial charge in [-0.05, 0) is 50.1 Å². The molecular weight excluding hydrogens is 436 g/mol. The van der Waals surface area contributed by atoms with Crippen molar-refractivity contribution in [3.05, 3.63) is 62.2 Å². The van der Waals surface area contributed by atoms with Gasteiger partial charge in [0.1, 0.15) is 6.04 Å².